The van der Waals surface area contributed by atoms with Gasteiger partial charge < -0.3 is 9.80 Å². The molecule has 1 heterocycles. The molecule has 1 aliphatic heterocycles. The van der Waals surface area contributed by atoms with Gasteiger partial charge in [0.1, 0.15) is 0 Å². The van der Waals surface area contributed by atoms with E-state index in [-0.39, 0.29) is 11.8 Å². The normalized spacial score (nSPS) is 19.1. The summed E-state index contributed by atoms with van der Waals surface area (Å²) in [6.45, 7) is 9.18. The van der Waals surface area contributed by atoms with Crippen molar-refractivity contribution >= 4 is 11.8 Å². The lowest BCUT2D eigenvalue weighted by Crippen LogP contribution is -2.44. The average molecular weight is 266 g/mol. The number of hydrogen-bond donors (Lipinski definition) is 0. The second kappa shape index (κ2) is 7.97. The topological polar surface area (TPSA) is 40.6 Å². The molecule has 1 aliphatic rings. The third kappa shape index (κ3) is 4.69. The standard InChI is InChI=1S/C15H26N2O2/c1-4-10-16(13(3)18)12-9-15(19)17-11-7-6-8-14(17)5-2/h4,14H,1,5-12H2,2-3H3. The third-order valence-electron chi connectivity index (χ3n) is 3.81. The van der Waals surface area contributed by atoms with Crippen LogP contribution < -0.4 is 0 Å². The Bertz CT molecular complexity index is 328. The number of piperidine rings is 1. The molecule has 1 atom stereocenters. The summed E-state index contributed by atoms with van der Waals surface area (Å²) in [4.78, 5) is 27.3. The van der Waals surface area contributed by atoms with Gasteiger partial charge in [-0.25, -0.2) is 0 Å². The highest BCUT2D eigenvalue weighted by atomic mass is 16.2. The Morgan fingerprint density at radius 3 is 2.74 bits per heavy atom. The van der Waals surface area contributed by atoms with Gasteiger partial charge in [0, 0.05) is 39.0 Å². The van der Waals surface area contributed by atoms with Gasteiger partial charge in [-0.2, -0.15) is 0 Å². The molecule has 1 saturated heterocycles. The molecule has 4 nitrogen and oxygen atoms in total. The van der Waals surface area contributed by atoms with E-state index in [1.54, 1.807) is 11.0 Å². The maximum absolute atomic E-state index is 12.3. The Hall–Kier alpha value is -1.32. The molecule has 0 radical (unpaired) electrons. The predicted octanol–water partition coefficient (Wildman–Crippen LogP) is 2.20. The van der Waals surface area contributed by atoms with Gasteiger partial charge in [0.2, 0.25) is 11.8 Å². The molecular weight excluding hydrogens is 240 g/mol. The van der Waals surface area contributed by atoms with Crippen LogP contribution in [0.2, 0.25) is 0 Å². The fourth-order valence-electron chi connectivity index (χ4n) is 2.66. The Labute approximate surface area is 116 Å². The summed E-state index contributed by atoms with van der Waals surface area (Å²) in [5, 5.41) is 0. The van der Waals surface area contributed by atoms with E-state index in [9.17, 15) is 9.59 Å². The molecule has 108 valence electrons. The quantitative estimate of drug-likeness (QED) is 0.692. The van der Waals surface area contributed by atoms with Crippen LogP contribution >= 0.6 is 0 Å². The van der Waals surface area contributed by atoms with Crippen molar-refractivity contribution in [1.29, 1.82) is 0 Å². The maximum Gasteiger partial charge on any atom is 0.224 e. The van der Waals surface area contributed by atoms with Crippen LogP contribution in [-0.4, -0.2) is 47.3 Å². The minimum Gasteiger partial charge on any atom is -0.340 e. The van der Waals surface area contributed by atoms with Crippen LogP contribution in [0.3, 0.4) is 0 Å². The Morgan fingerprint density at radius 1 is 1.42 bits per heavy atom. The van der Waals surface area contributed by atoms with Crippen LogP contribution in [0.25, 0.3) is 0 Å². The van der Waals surface area contributed by atoms with Gasteiger partial charge >= 0.3 is 0 Å². The van der Waals surface area contributed by atoms with Crippen molar-refractivity contribution in [3.05, 3.63) is 12.7 Å². The van der Waals surface area contributed by atoms with Gasteiger partial charge in [0.15, 0.2) is 0 Å². The number of amides is 2. The maximum atomic E-state index is 12.3. The van der Waals surface area contributed by atoms with E-state index in [0.717, 1.165) is 25.8 Å². The molecular formula is C15H26N2O2. The second-order valence-electron chi connectivity index (χ2n) is 5.15. The van der Waals surface area contributed by atoms with Crippen molar-refractivity contribution in [2.45, 2.75) is 52.0 Å². The molecule has 0 bridgehead atoms. The first-order chi connectivity index (χ1) is 9.10. The Morgan fingerprint density at radius 2 is 2.16 bits per heavy atom. The zero-order valence-electron chi connectivity index (χ0n) is 12.2. The van der Waals surface area contributed by atoms with Crippen LogP contribution in [-0.2, 0) is 9.59 Å². The van der Waals surface area contributed by atoms with Crippen LogP contribution in [0.4, 0.5) is 0 Å². The monoisotopic (exact) mass is 266 g/mol. The number of carbonyl (C=O) groups excluding carboxylic acids is 2. The highest BCUT2D eigenvalue weighted by molar-refractivity contribution is 5.78. The van der Waals surface area contributed by atoms with Crippen molar-refractivity contribution in [1.82, 2.24) is 9.80 Å². The molecule has 4 heteroatoms. The minimum absolute atomic E-state index is 0.00149. The number of nitrogens with zero attached hydrogens (tertiary/aromatic N) is 2. The fraction of sp³-hybridized carbons (Fsp3) is 0.733. The Kier molecular flexibility index (Phi) is 6.60. The first-order valence-corrected chi connectivity index (χ1v) is 7.26. The molecule has 0 aliphatic carbocycles. The van der Waals surface area contributed by atoms with Crippen LogP contribution in [0, 0.1) is 0 Å². The van der Waals surface area contributed by atoms with Crippen molar-refractivity contribution in [2.24, 2.45) is 0 Å². The molecule has 1 unspecified atom stereocenters. The molecule has 0 aromatic heterocycles. The summed E-state index contributed by atoms with van der Waals surface area (Å²) in [6, 6.07) is 0.395. The van der Waals surface area contributed by atoms with Gasteiger partial charge in [-0.05, 0) is 25.7 Å². The van der Waals surface area contributed by atoms with Gasteiger partial charge in [-0.3, -0.25) is 9.59 Å². The van der Waals surface area contributed by atoms with Crippen LogP contribution in [0.15, 0.2) is 12.7 Å². The van der Waals surface area contributed by atoms with E-state index in [2.05, 4.69) is 13.5 Å². The summed E-state index contributed by atoms with van der Waals surface area (Å²) >= 11 is 0. The lowest BCUT2D eigenvalue weighted by atomic mass is 9.99. The van der Waals surface area contributed by atoms with Crippen LogP contribution in [0.1, 0.15) is 46.0 Å². The van der Waals surface area contributed by atoms with E-state index in [1.165, 1.54) is 13.3 Å². The van der Waals surface area contributed by atoms with Crippen LogP contribution in [0.5, 0.6) is 0 Å². The summed E-state index contributed by atoms with van der Waals surface area (Å²) in [6.07, 6.45) is 6.58. The summed E-state index contributed by atoms with van der Waals surface area (Å²) in [5.74, 6) is 0.181. The van der Waals surface area contributed by atoms with Crippen molar-refractivity contribution in [2.75, 3.05) is 19.6 Å². The molecule has 0 spiro atoms. The van der Waals surface area contributed by atoms with Crippen molar-refractivity contribution < 1.29 is 9.59 Å². The minimum atomic E-state index is -0.00149. The molecule has 1 rings (SSSR count). The molecule has 1 fully saturated rings. The summed E-state index contributed by atoms with van der Waals surface area (Å²) in [5.41, 5.74) is 0. The molecule has 0 N–H and O–H groups in total. The summed E-state index contributed by atoms with van der Waals surface area (Å²) in [7, 11) is 0. The van der Waals surface area contributed by atoms with E-state index in [4.69, 9.17) is 0 Å². The second-order valence-corrected chi connectivity index (χ2v) is 5.15. The lowest BCUT2D eigenvalue weighted by molar-refractivity contribution is -0.136. The largest absolute Gasteiger partial charge is 0.340 e. The van der Waals surface area contributed by atoms with Gasteiger partial charge in [-0.1, -0.05) is 13.0 Å². The number of likely N-dealkylation sites (tertiary alicyclic amines) is 1. The molecule has 0 saturated carbocycles. The summed E-state index contributed by atoms with van der Waals surface area (Å²) < 4.78 is 0. The van der Waals surface area contributed by atoms with Crippen molar-refractivity contribution in [3.63, 3.8) is 0 Å². The first kappa shape index (κ1) is 15.7. The van der Waals surface area contributed by atoms with E-state index in [0.29, 0.717) is 25.6 Å². The smallest absolute Gasteiger partial charge is 0.224 e. The first-order valence-electron chi connectivity index (χ1n) is 7.26. The molecule has 0 aromatic rings. The van der Waals surface area contributed by atoms with Gasteiger partial charge in [0.25, 0.3) is 0 Å². The molecule has 0 aromatic carbocycles. The van der Waals surface area contributed by atoms with E-state index >= 15 is 0 Å². The van der Waals surface area contributed by atoms with Crippen molar-refractivity contribution in [3.8, 4) is 0 Å². The predicted molar refractivity (Wildman–Crippen MR) is 76.7 cm³/mol. The zero-order valence-corrected chi connectivity index (χ0v) is 12.2. The van der Waals surface area contributed by atoms with E-state index in [1.807, 2.05) is 4.90 Å². The zero-order chi connectivity index (χ0) is 14.3. The van der Waals surface area contributed by atoms with Gasteiger partial charge in [-0.15, -0.1) is 6.58 Å². The number of carbonyl (C=O) groups is 2. The highest BCUT2D eigenvalue weighted by Gasteiger charge is 2.25. The Balaban J connectivity index is 2.48. The fourth-order valence-corrected chi connectivity index (χ4v) is 2.66. The molecule has 2 amide bonds. The third-order valence-corrected chi connectivity index (χ3v) is 3.81. The van der Waals surface area contributed by atoms with Gasteiger partial charge in [0.05, 0.1) is 0 Å². The van der Waals surface area contributed by atoms with E-state index < -0.39 is 0 Å². The average Bonchev–Trinajstić information content (AvgIpc) is 2.42. The number of rotatable bonds is 6. The SMILES string of the molecule is C=CCN(CCC(=O)N1CCCCC1CC)C(C)=O. The highest BCUT2D eigenvalue weighted by Crippen LogP contribution is 2.20. The number of hydrogen-bond acceptors (Lipinski definition) is 2. The molecule has 19 heavy (non-hydrogen) atoms. The lowest BCUT2D eigenvalue weighted by Gasteiger charge is -2.35.